The summed E-state index contributed by atoms with van der Waals surface area (Å²) in [7, 11) is 0. The lowest BCUT2D eigenvalue weighted by Gasteiger charge is -2.15. The van der Waals surface area contributed by atoms with Crippen LogP contribution in [0.3, 0.4) is 0 Å². The smallest absolute Gasteiger partial charge is 0.219 e. The molecule has 0 radical (unpaired) electrons. The van der Waals surface area contributed by atoms with Crippen molar-refractivity contribution in [3.05, 3.63) is 50.2 Å². The Hall–Kier alpha value is -1.59. The summed E-state index contributed by atoms with van der Waals surface area (Å²) in [6.45, 7) is 6.70. The quantitative estimate of drug-likeness (QED) is 0.729. The fraction of sp³-hybridized carbons (Fsp3) is 0.294. The SMILES string of the molecule is CC(=O)c1c(C)[nH]c(C(=O)[C@@H](C)Oc2ccc(Cl)cc2Br)c1C. The Labute approximate surface area is 148 Å². The number of nitrogens with one attached hydrogen (secondary N) is 1. The van der Waals surface area contributed by atoms with Gasteiger partial charge in [-0.1, -0.05) is 11.6 Å². The molecule has 0 unspecified atom stereocenters. The highest BCUT2D eigenvalue weighted by atomic mass is 79.9. The highest BCUT2D eigenvalue weighted by molar-refractivity contribution is 9.10. The molecule has 0 aliphatic rings. The van der Waals surface area contributed by atoms with Crippen molar-refractivity contribution >= 4 is 39.1 Å². The van der Waals surface area contributed by atoms with E-state index in [0.29, 0.717) is 37.8 Å². The Kier molecular flexibility index (Phi) is 5.32. The molecule has 4 nitrogen and oxygen atoms in total. The van der Waals surface area contributed by atoms with Crippen LogP contribution in [0.15, 0.2) is 22.7 Å². The van der Waals surface area contributed by atoms with Crippen LogP contribution in [0.5, 0.6) is 5.75 Å². The second kappa shape index (κ2) is 6.89. The number of aromatic nitrogens is 1. The summed E-state index contributed by atoms with van der Waals surface area (Å²) in [5.41, 5.74) is 2.32. The van der Waals surface area contributed by atoms with Gasteiger partial charge in [0.05, 0.1) is 10.2 Å². The molecule has 0 saturated heterocycles. The maximum absolute atomic E-state index is 12.6. The monoisotopic (exact) mass is 397 g/mol. The summed E-state index contributed by atoms with van der Waals surface area (Å²) in [6.07, 6.45) is -0.705. The topological polar surface area (TPSA) is 59.2 Å². The number of halogens is 2. The van der Waals surface area contributed by atoms with Gasteiger partial charge in [-0.25, -0.2) is 0 Å². The number of ether oxygens (including phenoxy) is 1. The number of H-pyrrole nitrogens is 1. The molecule has 1 atom stereocenters. The van der Waals surface area contributed by atoms with E-state index in [4.69, 9.17) is 16.3 Å². The summed E-state index contributed by atoms with van der Waals surface area (Å²) >= 11 is 9.25. The molecule has 1 aromatic carbocycles. The van der Waals surface area contributed by atoms with Crippen LogP contribution in [0, 0.1) is 13.8 Å². The highest BCUT2D eigenvalue weighted by Gasteiger charge is 2.25. The van der Waals surface area contributed by atoms with E-state index in [0.717, 1.165) is 0 Å². The van der Waals surface area contributed by atoms with Gasteiger partial charge in [0.2, 0.25) is 5.78 Å². The molecule has 122 valence electrons. The predicted molar refractivity (Wildman–Crippen MR) is 93.8 cm³/mol. The second-order valence-corrected chi connectivity index (χ2v) is 6.67. The normalized spacial score (nSPS) is 12.1. The van der Waals surface area contributed by atoms with Crippen LogP contribution >= 0.6 is 27.5 Å². The number of ketones is 2. The van der Waals surface area contributed by atoms with Crippen molar-refractivity contribution in [2.45, 2.75) is 33.8 Å². The van der Waals surface area contributed by atoms with E-state index in [1.54, 1.807) is 39.0 Å². The first-order valence-electron chi connectivity index (χ1n) is 7.08. The molecule has 2 rings (SSSR count). The van der Waals surface area contributed by atoms with Crippen molar-refractivity contribution in [2.24, 2.45) is 0 Å². The van der Waals surface area contributed by atoms with E-state index >= 15 is 0 Å². The molecule has 0 bridgehead atoms. The molecule has 1 heterocycles. The van der Waals surface area contributed by atoms with Crippen LogP contribution in [0.1, 0.15) is 46.0 Å². The van der Waals surface area contributed by atoms with Gasteiger partial charge >= 0.3 is 0 Å². The highest BCUT2D eigenvalue weighted by Crippen LogP contribution is 2.29. The van der Waals surface area contributed by atoms with Gasteiger partial charge in [0.1, 0.15) is 5.75 Å². The maximum Gasteiger partial charge on any atom is 0.219 e. The van der Waals surface area contributed by atoms with E-state index in [-0.39, 0.29) is 11.6 Å². The molecule has 0 aliphatic carbocycles. The zero-order valence-corrected chi connectivity index (χ0v) is 15.6. The van der Waals surface area contributed by atoms with Gasteiger partial charge in [-0.2, -0.15) is 0 Å². The Morgan fingerprint density at radius 1 is 1.30 bits per heavy atom. The largest absolute Gasteiger partial charge is 0.481 e. The molecule has 23 heavy (non-hydrogen) atoms. The predicted octanol–water partition coefficient (Wildman–Crippen LogP) is 4.90. The molecule has 1 N–H and O–H groups in total. The molecule has 2 aromatic rings. The lowest BCUT2D eigenvalue weighted by Crippen LogP contribution is -2.25. The van der Waals surface area contributed by atoms with Crippen LogP contribution in [-0.4, -0.2) is 22.7 Å². The minimum Gasteiger partial charge on any atom is -0.481 e. The van der Waals surface area contributed by atoms with Gasteiger partial charge in [0.15, 0.2) is 11.9 Å². The number of carbonyl (C=O) groups excluding carboxylic acids is 2. The van der Waals surface area contributed by atoms with Gasteiger partial charge in [-0.05, 0) is 67.4 Å². The molecular formula is C17H17BrClNO3. The third kappa shape index (κ3) is 3.67. The first-order chi connectivity index (χ1) is 10.7. The van der Waals surface area contributed by atoms with Crippen molar-refractivity contribution < 1.29 is 14.3 Å². The zero-order valence-electron chi connectivity index (χ0n) is 13.3. The number of hydrogen-bond donors (Lipinski definition) is 1. The molecular weight excluding hydrogens is 382 g/mol. The van der Waals surface area contributed by atoms with E-state index in [1.807, 2.05) is 0 Å². The van der Waals surface area contributed by atoms with Crippen LogP contribution in [0.2, 0.25) is 5.02 Å². The fourth-order valence-electron chi connectivity index (χ4n) is 2.54. The van der Waals surface area contributed by atoms with E-state index in [2.05, 4.69) is 20.9 Å². The zero-order chi connectivity index (χ0) is 17.3. The summed E-state index contributed by atoms with van der Waals surface area (Å²) in [5, 5.41) is 0.574. The Bertz CT molecular complexity index is 782. The van der Waals surface area contributed by atoms with Crippen molar-refractivity contribution in [3.8, 4) is 5.75 Å². The summed E-state index contributed by atoms with van der Waals surface area (Å²) in [5.74, 6) is 0.257. The minimum atomic E-state index is -0.705. The summed E-state index contributed by atoms with van der Waals surface area (Å²) in [4.78, 5) is 27.3. The van der Waals surface area contributed by atoms with Gasteiger partial charge in [0.25, 0.3) is 0 Å². The average molecular weight is 399 g/mol. The van der Waals surface area contributed by atoms with E-state index in [1.165, 1.54) is 6.92 Å². The second-order valence-electron chi connectivity index (χ2n) is 5.38. The van der Waals surface area contributed by atoms with Crippen LogP contribution in [0.4, 0.5) is 0 Å². The van der Waals surface area contributed by atoms with Gasteiger partial charge in [0, 0.05) is 16.3 Å². The van der Waals surface area contributed by atoms with Crippen molar-refractivity contribution in [3.63, 3.8) is 0 Å². The number of hydrogen-bond acceptors (Lipinski definition) is 3. The average Bonchev–Trinajstić information content (AvgIpc) is 2.76. The van der Waals surface area contributed by atoms with Crippen molar-refractivity contribution in [1.29, 1.82) is 0 Å². The first kappa shape index (κ1) is 17.8. The number of carbonyl (C=O) groups is 2. The molecule has 0 aliphatic heterocycles. The molecule has 0 fully saturated rings. The Morgan fingerprint density at radius 2 is 1.96 bits per heavy atom. The third-order valence-corrected chi connectivity index (χ3v) is 4.46. The Morgan fingerprint density at radius 3 is 2.48 bits per heavy atom. The standard InChI is InChI=1S/C17H17BrClNO3/c1-8-15(10(3)21)9(2)20-16(8)17(22)11(4)23-14-6-5-12(19)7-13(14)18/h5-7,11,20H,1-4H3/t11-/m1/s1. The number of Topliss-reactive ketones (excluding diaryl/α,β-unsaturated/α-hetero) is 2. The van der Waals surface area contributed by atoms with E-state index in [9.17, 15) is 9.59 Å². The van der Waals surface area contributed by atoms with E-state index < -0.39 is 6.10 Å². The molecule has 1 aromatic heterocycles. The Balaban J connectivity index is 2.27. The lowest BCUT2D eigenvalue weighted by molar-refractivity contribution is 0.0811. The summed E-state index contributed by atoms with van der Waals surface area (Å²) in [6, 6.07) is 5.09. The van der Waals surface area contributed by atoms with Crippen LogP contribution < -0.4 is 4.74 Å². The summed E-state index contributed by atoms with van der Waals surface area (Å²) < 4.78 is 6.40. The third-order valence-electron chi connectivity index (χ3n) is 3.60. The van der Waals surface area contributed by atoms with Gasteiger partial charge < -0.3 is 9.72 Å². The lowest BCUT2D eigenvalue weighted by atomic mass is 10.0. The van der Waals surface area contributed by atoms with Crippen LogP contribution in [-0.2, 0) is 0 Å². The number of aromatic amines is 1. The molecule has 0 spiro atoms. The molecule has 0 amide bonds. The van der Waals surface area contributed by atoms with Crippen molar-refractivity contribution in [2.75, 3.05) is 0 Å². The molecule has 6 heteroatoms. The fourth-order valence-corrected chi connectivity index (χ4v) is 3.32. The number of rotatable bonds is 5. The number of benzene rings is 1. The first-order valence-corrected chi connectivity index (χ1v) is 8.25. The maximum atomic E-state index is 12.6. The molecule has 0 saturated carbocycles. The van der Waals surface area contributed by atoms with Gasteiger partial charge in [-0.15, -0.1) is 0 Å². The van der Waals surface area contributed by atoms with Gasteiger partial charge in [-0.3, -0.25) is 9.59 Å². The van der Waals surface area contributed by atoms with Crippen molar-refractivity contribution in [1.82, 2.24) is 4.98 Å². The van der Waals surface area contributed by atoms with Crippen LogP contribution in [0.25, 0.3) is 0 Å². The number of aryl methyl sites for hydroxylation is 1. The minimum absolute atomic E-state index is 0.0654.